The third kappa shape index (κ3) is 2.94. The van der Waals surface area contributed by atoms with Crippen molar-refractivity contribution < 1.29 is 4.79 Å². The van der Waals surface area contributed by atoms with Crippen molar-refractivity contribution in [3.05, 3.63) is 66.4 Å². The predicted octanol–water partition coefficient (Wildman–Crippen LogP) is 3.13. The highest BCUT2D eigenvalue weighted by Crippen LogP contribution is 2.24. The number of ketones is 1. The minimum atomic E-state index is 0.0596. The highest BCUT2D eigenvalue weighted by molar-refractivity contribution is 7.99. The van der Waals surface area contributed by atoms with Gasteiger partial charge in [0.05, 0.1) is 11.4 Å². The lowest BCUT2D eigenvalue weighted by Gasteiger charge is -2.03. The van der Waals surface area contributed by atoms with E-state index in [4.69, 9.17) is 0 Å². The number of tetrazole rings is 1. The number of carbonyl (C=O) groups is 1. The zero-order chi connectivity index (χ0) is 17.2. The Morgan fingerprint density at radius 1 is 1.08 bits per heavy atom. The number of nitrogens with zero attached hydrogens (tertiary/aromatic N) is 5. The number of aromatic nitrogens is 5. The van der Waals surface area contributed by atoms with Crippen LogP contribution in [0, 0.1) is 0 Å². The Hall–Kier alpha value is -2.93. The summed E-state index contributed by atoms with van der Waals surface area (Å²) in [6.07, 6.45) is 1.88. The lowest BCUT2D eigenvalue weighted by molar-refractivity contribution is 0.102. The molecule has 0 N–H and O–H groups in total. The van der Waals surface area contributed by atoms with E-state index in [2.05, 4.69) is 15.5 Å². The van der Waals surface area contributed by atoms with E-state index in [0.29, 0.717) is 5.16 Å². The summed E-state index contributed by atoms with van der Waals surface area (Å²) in [5, 5.41) is 13.3. The van der Waals surface area contributed by atoms with Gasteiger partial charge in [-0.3, -0.25) is 4.79 Å². The molecule has 0 amide bonds. The number of benzene rings is 2. The molecule has 6 nitrogen and oxygen atoms in total. The maximum absolute atomic E-state index is 12.7. The number of fused-ring (bicyclic) bond motifs is 1. The second-order valence-corrected chi connectivity index (χ2v) is 6.53. The highest BCUT2D eigenvalue weighted by Gasteiger charge is 2.16. The van der Waals surface area contributed by atoms with Crippen LogP contribution in [0.2, 0.25) is 0 Å². The lowest BCUT2D eigenvalue weighted by atomic mass is 10.1. The number of hydrogen-bond acceptors (Lipinski definition) is 5. The minimum Gasteiger partial charge on any atom is -0.350 e. The molecule has 0 aliphatic rings. The molecular formula is C18H15N5OS. The molecule has 2 aromatic heterocycles. The molecular weight excluding hydrogens is 334 g/mol. The molecule has 4 rings (SSSR count). The second-order valence-electron chi connectivity index (χ2n) is 5.59. The molecule has 0 aliphatic carbocycles. The second kappa shape index (κ2) is 6.52. The normalized spacial score (nSPS) is 11.1. The van der Waals surface area contributed by atoms with Crippen LogP contribution in [0.3, 0.4) is 0 Å². The summed E-state index contributed by atoms with van der Waals surface area (Å²) >= 11 is 1.34. The molecule has 124 valence electrons. The third-order valence-electron chi connectivity index (χ3n) is 3.97. The van der Waals surface area contributed by atoms with Crippen molar-refractivity contribution >= 4 is 28.4 Å². The van der Waals surface area contributed by atoms with Crippen LogP contribution in [0.5, 0.6) is 0 Å². The van der Waals surface area contributed by atoms with Crippen molar-refractivity contribution in [3.63, 3.8) is 0 Å². The number of carbonyl (C=O) groups excluding carboxylic acids is 1. The molecule has 0 saturated heterocycles. The number of hydrogen-bond donors (Lipinski definition) is 0. The Labute approximate surface area is 148 Å². The maximum atomic E-state index is 12.7. The summed E-state index contributed by atoms with van der Waals surface area (Å²) in [4.78, 5) is 12.7. The van der Waals surface area contributed by atoms with Crippen LogP contribution in [0.25, 0.3) is 16.6 Å². The van der Waals surface area contributed by atoms with Crippen LogP contribution < -0.4 is 0 Å². The van der Waals surface area contributed by atoms with Crippen LogP contribution in [-0.4, -0.2) is 36.3 Å². The number of Topliss-reactive ketones (excluding diaryl/α,β-unsaturated/α-hetero) is 1. The van der Waals surface area contributed by atoms with Gasteiger partial charge in [-0.25, -0.2) is 0 Å². The van der Waals surface area contributed by atoms with Gasteiger partial charge in [0, 0.05) is 29.7 Å². The molecule has 0 spiro atoms. The lowest BCUT2D eigenvalue weighted by Crippen LogP contribution is -2.04. The van der Waals surface area contributed by atoms with E-state index in [-0.39, 0.29) is 11.5 Å². The van der Waals surface area contributed by atoms with Gasteiger partial charge in [-0.1, -0.05) is 48.2 Å². The van der Waals surface area contributed by atoms with Crippen LogP contribution in [0.15, 0.2) is 66.0 Å². The number of aryl methyl sites for hydroxylation is 1. The third-order valence-corrected chi connectivity index (χ3v) is 4.89. The standard InChI is InChI=1S/C18H15N5OS/c1-22-11-15(14-9-5-6-10-16(14)22)17(24)12-25-18-19-20-21-23(18)13-7-3-2-4-8-13/h2-11H,12H2,1H3. The maximum Gasteiger partial charge on any atom is 0.214 e. The minimum absolute atomic E-state index is 0.0596. The summed E-state index contributed by atoms with van der Waals surface area (Å²) in [7, 11) is 1.95. The van der Waals surface area contributed by atoms with Crippen molar-refractivity contribution in [2.24, 2.45) is 7.05 Å². The van der Waals surface area contributed by atoms with Gasteiger partial charge in [0.25, 0.3) is 0 Å². The molecule has 0 bridgehead atoms. The molecule has 0 radical (unpaired) electrons. The molecule has 4 aromatic rings. The SMILES string of the molecule is Cn1cc(C(=O)CSc2nnnn2-c2ccccc2)c2ccccc21. The number of thioether (sulfide) groups is 1. The molecule has 0 unspecified atom stereocenters. The summed E-state index contributed by atoms with van der Waals surface area (Å²) < 4.78 is 3.61. The van der Waals surface area contributed by atoms with Gasteiger partial charge in [-0.15, -0.1) is 5.10 Å². The van der Waals surface area contributed by atoms with E-state index >= 15 is 0 Å². The fourth-order valence-corrected chi connectivity index (χ4v) is 3.55. The first-order valence-corrected chi connectivity index (χ1v) is 8.76. The quantitative estimate of drug-likeness (QED) is 0.409. The predicted molar refractivity (Wildman–Crippen MR) is 97.1 cm³/mol. The summed E-state index contributed by atoms with van der Waals surface area (Å²) in [6, 6.07) is 17.5. The molecule has 2 heterocycles. The largest absolute Gasteiger partial charge is 0.350 e. The molecule has 7 heteroatoms. The molecule has 0 aliphatic heterocycles. The van der Waals surface area contributed by atoms with Crippen molar-refractivity contribution in [2.75, 3.05) is 5.75 Å². The number of rotatable bonds is 5. The molecule has 2 aromatic carbocycles. The molecule has 0 fully saturated rings. The zero-order valence-corrected chi connectivity index (χ0v) is 14.3. The van der Waals surface area contributed by atoms with E-state index in [0.717, 1.165) is 22.2 Å². The summed E-state index contributed by atoms with van der Waals surface area (Å²) in [5.41, 5.74) is 2.64. The Morgan fingerprint density at radius 3 is 2.68 bits per heavy atom. The summed E-state index contributed by atoms with van der Waals surface area (Å²) in [5.74, 6) is 0.339. The average molecular weight is 349 g/mol. The number of para-hydroxylation sites is 2. The molecule has 0 saturated carbocycles. The average Bonchev–Trinajstić information content (AvgIpc) is 3.26. The van der Waals surface area contributed by atoms with Crippen LogP contribution in [-0.2, 0) is 7.05 Å². The van der Waals surface area contributed by atoms with E-state index < -0.39 is 0 Å². The Morgan fingerprint density at radius 2 is 1.84 bits per heavy atom. The first-order valence-electron chi connectivity index (χ1n) is 7.78. The Balaban J connectivity index is 1.56. The van der Waals surface area contributed by atoms with Gasteiger partial charge in [0.2, 0.25) is 5.16 Å². The van der Waals surface area contributed by atoms with E-state index in [1.807, 2.05) is 72.4 Å². The van der Waals surface area contributed by atoms with Crippen molar-refractivity contribution in [1.82, 2.24) is 24.8 Å². The van der Waals surface area contributed by atoms with E-state index in [9.17, 15) is 4.79 Å². The topological polar surface area (TPSA) is 65.6 Å². The summed E-state index contributed by atoms with van der Waals surface area (Å²) in [6.45, 7) is 0. The fraction of sp³-hybridized carbons (Fsp3) is 0.111. The van der Waals surface area contributed by atoms with Gasteiger partial charge in [-0.2, -0.15) is 4.68 Å². The Bertz CT molecular complexity index is 1040. The monoisotopic (exact) mass is 349 g/mol. The van der Waals surface area contributed by atoms with Crippen LogP contribution in [0.4, 0.5) is 0 Å². The highest BCUT2D eigenvalue weighted by atomic mass is 32.2. The molecule has 25 heavy (non-hydrogen) atoms. The van der Waals surface area contributed by atoms with Gasteiger partial charge in [-0.05, 0) is 28.6 Å². The first kappa shape index (κ1) is 15.6. The van der Waals surface area contributed by atoms with Crippen molar-refractivity contribution in [2.45, 2.75) is 5.16 Å². The smallest absolute Gasteiger partial charge is 0.214 e. The zero-order valence-electron chi connectivity index (χ0n) is 13.5. The molecule has 0 atom stereocenters. The van der Waals surface area contributed by atoms with E-state index in [1.54, 1.807) is 4.68 Å². The van der Waals surface area contributed by atoms with Crippen LogP contribution in [0.1, 0.15) is 10.4 Å². The fourth-order valence-electron chi connectivity index (χ4n) is 2.77. The van der Waals surface area contributed by atoms with Crippen LogP contribution >= 0.6 is 11.8 Å². The Kier molecular flexibility index (Phi) is 4.07. The van der Waals surface area contributed by atoms with E-state index in [1.165, 1.54) is 11.8 Å². The van der Waals surface area contributed by atoms with Gasteiger partial charge < -0.3 is 4.57 Å². The van der Waals surface area contributed by atoms with Gasteiger partial charge >= 0.3 is 0 Å². The van der Waals surface area contributed by atoms with Gasteiger partial charge in [0.15, 0.2) is 5.78 Å². The van der Waals surface area contributed by atoms with Crippen molar-refractivity contribution in [3.8, 4) is 5.69 Å². The first-order chi connectivity index (χ1) is 12.2. The van der Waals surface area contributed by atoms with Gasteiger partial charge in [0.1, 0.15) is 0 Å². The van der Waals surface area contributed by atoms with Crippen molar-refractivity contribution in [1.29, 1.82) is 0 Å².